The SMILES string of the molecule is COC1CNC(C(=O)Nc2cc(C(N)(CCC3CC3)c3ccncc3)ccc2F)C1. The largest absolute Gasteiger partial charge is 0.380 e. The Balaban J connectivity index is 1.58. The highest BCUT2D eigenvalue weighted by Gasteiger charge is 2.34. The monoisotopic (exact) mass is 412 g/mol. The van der Waals surface area contributed by atoms with Crippen LogP contribution in [0.25, 0.3) is 0 Å². The average Bonchev–Trinajstić information content (AvgIpc) is 3.48. The Morgan fingerprint density at radius 1 is 1.30 bits per heavy atom. The lowest BCUT2D eigenvalue weighted by Gasteiger charge is -2.31. The highest BCUT2D eigenvalue weighted by molar-refractivity contribution is 5.95. The third-order valence-corrected chi connectivity index (χ3v) is 6.32. The molecular formula is C23H29FN4O2. The van der Waals surface area contributed by atoms with Crippen LogP contribution in [0.1, 0.15) is 43.2 Å². The van der Waals surface area contributed by atoms with Gasteiger partial charge in [0.15, 0.2) is 0 Å². The van der Waals surface area contributed by atoms with E-state index in [1.807, 2.05) is 12.1 Å². The number of amides is 1. The Kier molecular flexibility index (Phi) is 6.13. The van der Waals surface area contributed by atoms with Crippen LogP contribution >= 0.6 is 0 Å². The molecule has 6 nitrogen and oxygen atoms in total. The number of halogens is 1. The van der Waals surface area contributed by atoms with Gasteiger partial charge in [-0.1, -0.05) is 18.9 Å². The van der Waals surface area contributed by atoms with Crippen LogP contribution in [-0.2, 0) is 15.1 Å². The van der Waals surface area contributed by atoms with Gasteiger partial charge in [-0.3, -0.25) is 9.78 Å². The van der Waals surface area contributed by atoms with Crippen LogP contribution in [0.5, 0.6) is 0 Å². The smallest absolute Gasteiger partial charge is 0.241 e. The van der Waals surface area contributed by atoms with E-state index in [0.717, 1.165) is 29.9 Å². The molecule has 7 heteroatoms. The zero-order valence-corrected chi connectivity index (χ0v) is 17.2. The highest BCUT2D eigenvalue weighted by atomic mass is 19.1. The first-order valence-electron chi connectivity index (χ1n) is 10.6. The van der Waals surface area contributed by atoms with Crippen LogP contribution < -0.4 is 16.4 Å². The molecule has 1 aromatic carbocycles. The Morgan fingerprint density at radius 3 is 2.73 bits per heavy atom. The fourth-order valence-corrected chi connectivity index (χ4v) is 4.14. The van der Waals surface area contributed by atoms with E-state index in [0.29, 0.717) is 13.0 Å². The second-order valence-electron chi connectivity index (χ2n) is 8.43. The standard InChI is InChI=1S/C23H29FN4O2/c1-30-18-13-21(27-14-18)22(29)28-20-12-17(4-5-19(20)24)23(25,9-6-15-2-3-15)16-7-10-26-11-8-16/h4-5,7-8,10-12,15,18,21,27H,2-3,6,9,13-14,25H2,1H3,(H,28,29). The van der Waals surface area contributed by atoms with Crippen molar-refractivity contribution < 1.29 is 13.9 Å². The van der Waals surface area contributed by atoms with Gasteiger partial charge in [0.05, 0.1) is 23.4 Å². The summed E-state index contributed by atoms with van der Waals surface area (Å²) in [7, 11) is 1.62. The van der Waals surface area contributed by atoms with Crippen molar-refractivity contribution in [2.24, 2.45) is 11.7 Å². The number of aromatic nitrogens is 1. The lowest BCUT2D eigenvalue weighted by atomic mass is 9.79. The number of nitrogens with one attached hydrogen (secondary N) is 2. The number of hydrogen-bond donors (Lipinski definition) is 3. The Bertz CT molecular complexity index is 890. The summed E-state index contributed by atoms with van der Waals surface area (Å²) in [6, 6.07) is 8.17. The number of ether oxygens (including phenoxy) is 1. The number of carbonyl (C=O) groups is 1. The topological polar surface area (TPSA) is 89.3 Å². The first kappa shape index (κ1) is 20.9. The van der Waals surface area contributed by atoms with Gasteiger partial charge in [-0.25, -0.2) is 4.39 Å². The molecule has 1 aromatic heterocycles. The summed E-state index contributed by atoms with van der Waals surface area (Å²) < 4.78 is 19.9. The van der Waals surface area contributed by atoms with Gasteiger partial charge in [0.1, 0.15) is 5.82 Å². The van der Waals surface area contributed by atoms with Gasteiger partial charge in [-0.15, -0.1) is 0 Å². The molecule has 1 saturated heterocycles. The maximum Gasteiger partial charge on any atom is 0.241 e. The minimum atomic E-state index is -0.772. The molecule has 1 saturated carbocycles. The number of nitrogens with zero attached hydrogens (tertiary/aromatic N) is 1. The average molecular weight is 413 g/mol. The Labute approximate surface area is 176 Å². The number of pyridine rings is 1. The summed E-state index contributed by atoms with van der Waals surface area (Å²) in [5.41, 5.74) is 8.02. The van der Waals surface area contributed by atoms with Crippen molar-refractivity contribution in [1.29, 1.82) is 0 Å². The molecule has 3 atom stereocenters. The third kappa shape index (κ3) is 4.53. The van der Waals surface area contributed by atoms with Crippen molar-refractivity contribution in [3.8, 4) is 0 Å². The number of nitrogens with two attached hydrogens (primary N) is 1. The van der Waals surface area contributed by atoms with Crippen LogP contribution in [0, 0.1) is 11.7 Å². The molecule has 1 aliphatic heterocycles. The van der Waals surface area contributed by atoms with Gasteiger partial charge in [0, 0.05) is 26.0 Å². The fourth-order valence-electron chi connectivity index (χ4n) is 4.14. The second-order valence-corrected chi connectivity index (χ2v) is 8.43. The number of hydrogen-bond acceptors (Lipinski definition) is 5. The van der Waals surface area contributed by atoms with Crippen LogP contribution in [0.4, 0.5) is 10.1 Å². The number of anilines is 1. The molecule has 3 unspecified atom stereocenters. The number of methoxy groups -OCH3 is 1. The molecule has 0 spiro atoms. The fraction of sp³-hybridized carbons (Fsp3) is 0.478. The lowest BCUT2D eigenvalue weighted by Crippen LogP contribution is -2.39. The number of rotatable bonds is 8. The summed E-state index contributed by atoms with van der Waals surface area (Å²) >= 11 is 0. The molecule has 2 heterocycles. The van der Waals surface area contributed by atoms with Crippen molar-refractivity contribution in [3.63, 3.8) is 0 Å². The van der Waals surface area contributed by atoms with E-state index in [9.17, 15) is 9.18 Å². The molecule has 160 valence electrons. The molecule has 1 aliphatic carbocycles. The molecule has 4 rings (SSSR count). The molecule has 30 heavy (non-hydrogen) atoms. The Morgan fingerprint density at radius 2 is 2.07 bits per heavy atom. The molecule has 0 bridgehead atoms. The summed E-state index contributed by atoms with van der Waals surface area (Å²) in [6.07, 6.45) is 8.24. The maximum atomic E-state index is 14.6. The molecule has 2 aromatic rings. The summed E-state index contributed by atoms with van der Waals surface area (Å²) in [4.78, 5) is 16.7. The minimum Gasteiger partial charge on any atom is -0.380 e. The normalized spacial score (nSPS) is 23.2. The van der Waals surface area contributed by atoms with Crippen molar-refractivity contribution >= 4 is 11.6 Å². The molecular weight excluding hydrogens is 383 g/mol. The predicted molar refractivity (Wildman–Crippen MR) is 113 cm³/mol. The first-order chi connectivity index (χ1) is 14.5. The van der Waals surface area contributed by atoms with Crippen molar-refractivity contribution in [1.82, 2.24) is 10.3 Å². The molecule has 2 fully saturated rings. The van der Waals surface area contributed by atoms with Crippen molar-refractivity contribution in [3.05, 3.63) is 59.7 Å². The van der Waals surface area contributed by atoms with Crippen molar-refractivity contribution in [2.45, 2.75) is 49.8 Å². The van der Waals surface area contributed by atoms with E-state index in [1.165, 1.54) is 18.9 Å². The summed E-state index contributed by atoms with van der Waals surface area (Å²) in [5, 5.41) is 5.85. The predicted octanol–water partition coefficient (Wildman–Crippen LogP) is 2.93. The van der Waals surface area contributed by atoms with Crippen LogP contribution in [-0.4, -0.2) is 36.7 Å². The van der Waals surface area contributed by atoms with Gasteiger partial charge in [0.25, 0.3) is 0 Å². The van der Waals surface area contributed by atoms with Gasteiger partial charge in [-0.2, -0.15) is 0 Å². The van der Waals surface area contributed by atoms with Gasteiger partial charge < -0.3 is 21.1 Å². The van der Waals surface area contributed by atoms with Gasteiger partial charge in [0.2, 0.25) is 5.91 Å². The van der Waals surface area contributed by atoms with Gasteiger partial charge >= 0.3 is 0 Å². The molecule has 0 radical (unpaired) electrons. The molecule has 1 amide bonds. The zero-order chi connectivity index (χ0) is 21.1. The molecule has 2 aliphatic rings. The van der Waals surface area contributed by atoms with E-state index in [2.05, 4.69) is 15.6 Å². The van der Waals surface area contributed by atoms with E-state index in [-0.39, 0.29) is 17.7 Å². The quantitative estimate of drug-likeness (QED) is 0.620. The van der Waals surface area contributed by atoms with E-state index < -0.39 is 17.4 Å². The minimum absolute atomic E-state index is 0.0114. The second kappa shape index (κ2) is 8.79. The number of carbonyl (C=O) groups excluding carboxylic acids is 1. The summed E-state index contributed by atoms with van der Waals surface area (Å²) in [5.74, 6) is -0.0284. The van der Waals surface area contributed by atoms with Crippen LogP contribution in [0.3, 0.4) is 0 Å². The lowest BCUT2D eigenvalue weighted by molar-refractivity contribution is -0.118. The molecule has 4 N–H and O–H groups in total. The first-order valence-corrected chi connectivity index (χ1v) is 10.6. The van der Waals surface area contributed by atoms with Crippen molar-refractivity contribution in [2.75, 3.05) is 19.0 Å². The van der Waals surface area contributed by atoms with Crippen LogP contribution in [0.2, 0.25) is 0 Å². The van der Waals surface area contributed by atoms with Gasteiger partial charge in [-0.05, 0) is 60.6 Å². The van der Waals surface area contributed by atoms with Crippen LogP contribution in [0.15, 0.2) is 42.7 Å². The van der Waals surface area contributed by atoms with E-state index in [1.54, 1.807) is 31.6 Å². The van der Waals surface area contributed by atoms with E-state index >= 15 is 0 Å². The highest BCUT2D eigenvalue weighted by Crippen LogP contribution is 2.40. The number of benzene rings is 1. The summed E-state index contributed by atoms with van der Waals surface area (Å²) in [6.45, 7) is 0.603. The maximum absolute atomic E-state index is 14.6. The Hall–Kier alpha value is -2.35. The zero-order valence-electron chi connectivity index (χ0n) is 17.2. The van der Waals surface area contributed by atoms with E-state index in [4.69, 9.17) is 10.5 Å². The third-order valence-electron chi connectivity index (χ3n) is 6.32.